The van der Waals surface area contributed by atoms with E-state index in [-0.39, 0.29) is 17.9 Å². The second-order valence-electron chi connectivity index (χ2n) is 8.12. The molecule has 166 valence electrons. The third kappa shape index (κ3) is 4.54. The molecule has 2 atom stereocenters. The Morgan fingerprint density at radius 2 is 2.00 bits per heavy atom. The zero-order valence-corrected chi connectivity index (χ0v) is 18.9. The van der Waals surface area contributed by atoms with Crippen LogP contribution in [0.25, 0.3) is 11.4 Å². The standard InChI is InChI=1S/C24H28N6O2/c1-15-13-27-22(32-4)12-20(15)16(2)24(31)30-11-8-18(14-30)29-21-7-6-19(17(3)28-21)23-25-9-5-10-26-23/h5-7,9-10,12-13,16,18H,8,11,14H2,1-4H3,(H,28,29)/t16-,18?/m0/s1. The fourth-order valence-corrected chi connectivity index (χ4v) is 4.11. The van der Waals surface area contributed by atoms with Crippen LogP contribution in [0, 0.1) is 13.8 Å². The van der Waals surface area contributed by atoms with Crippen LogP contribution < -0.4 is 10.1 Å². The van der Waals surface area contributed by atoms with Crippen molar-refractivity contribution >= 4 is 11.7 Å². The van der Waals surface area contributed by atoms with Crippen molar-refractivity contribution in [2.24, 2.45) is 0 Å². The van der Waals surface area contributed by atoms with Gasteiger partial charge in [0.1, 0.15) is 5.82 Å². The van der Waals surface area contributed by atoms with Gasteiger partial charge in [-0.3, -0.25) is 4.79 Å². The molecule has 1 aliphatic rings. The molecule has 0 aliphatic carbocycles. The van der Waals surface area contributed by atoms with Crippen LogP contribution in [0.5, 0.6) is 5.88 Å². The van der Waals surface area contributed by atoms with E-state index in [0.717, 1.165) is 41.2 Å². The van der Waals surface area contributed by atoms with Crippen LogP contribution in [0.15, 0.2) is 42.9 Å². The molecule has 0 radical (unpaired) electrons. The molecule has 1 unspecified atom stereocenters. The van der Waals surface area contributed by atoms with Crippen molar-refractivity contribution in [1.29, 1.82) is 0 Å². The third-order valence-corrected chi connectivity index (χ3v) is 5.91. The number of carbonyl (C=O) groups is 1. The smallest absolute Gasteiger partial charge is 0.229 e. The summed E-state index contributed by atoms with van der Waals surface area (Å²) in [6.07, 6.45) is 6.08. The van der Waals surface area contributed by atoms with E-state index in [1.165, 1.54) is 0 Å². The van der Waals surface area contributed by atoms with Gasteiger partial charge in [-0.2, -0.15) is 0 Å². The van der Waals surface area contributed by atoms with Crippen molar-refractivity contribution < 1.29 is 9.53 Å². The van der Waals surface area contributed by atoms with E-state index in [4.69, 9.17) is 4.74 Å². The summed E-state index contributed by atoms with van der Waals surface area (Å²) in [6, 6.07) is 7.74. The first-order valence-electron chi connectivity index (χ1n) is 10.8. The third-order valence-electron chi connectivity index (χ3n) is 5.91. The molecule has 4 rings (SSSR count). The first-order valence-corrected chi connectivity index (χ1v) is 10.8. The van der Waals surface area contributed by atoms with E-state index in [0.29, 0.717) is 18.2 Å². The van der Waals surface area contributed by atoms with Crippen LogP contribution >= 0.6 is 0 Å². The van der Waals surface area contributed by atoms with Crippen LogP contribution in [0.2, 0.25) is 0 Å². The van der Waals surface area contributed by atoms with Crippen molar-refractivity contribution in [2.45, 2.75) is 39.2 Å². The zero-order valence-electron chi connectivity index (χ0n) is 18.9. The van der Waals surface area contributed by atoms with Gasteiger partial charge < -0.3 is 15.0 Å². The number of aromatic nitrogens is 4. The second kappa shape index (κ2) is 9.30. The van der Waals surface area contributed by atoms with Crippen molar-refractivity contribution in [2.75, 3.05) is 25.5 Å². The van der Waals surface area contributed by atoms with E-state index in [1.54, 1.807) is 31.8 Å². The molecule has 8 nitrogen and oxygen atoms in total. The Kier molecular flexibility index (Phi) is 6.30. The zero-order chi connectivity index (χ0) is 22.7. The monoisotopic (exact) mass is 432 g/mol. The summed E-state index contributed by atoms with van der Waals surface area (Å²) >= 11 is 0. The van der Waals surface area contributed by atoms with E-state index >= 15 is 0 Å². The average molecular weight is 433 g/mol. The summed E-state index contributed by atoms with van der Waals surface area (Å²) in [5.74, 6) is 1.85. The van der Waals surface area contributed by atoms with Gasteiger partial charge in [0.2, 0.25) is 11.8 Å². The maximum Gasteiger partial charge on any atom is 0.229 e. The number of likely N-dealkylation sites (tertiary alicyclic amines) is 1. The summed E-state index contributed by atoms with van der Waals surface area (Å²) in [6.45, 7) is 7.23. The minimum Gasteiger partial charge on any atom is -0.481 e. The van der Waals surface area contributed by atoms with Gasteiger partial charge in [0.25, 0.3) is 0 Å². The average Bonchev–Trinajstić information content (AvgIpc) is 3.27. The van der Waals surface area contributed by atoms with E-state index in [9.17, 15) is 4.79 Å². The summed E-state index contributed by atoms with van der Waals surface area (Å²) in [5, 5.41) is 3.48. The Morgan fingerprint density at radius 3 is 2.72 bits per heavy atom. The van der Waals surface area contributed by atoms with E-state index in [1.807, 2.05) is 43.9 Å². The number of hydrogen-bond acceptors (Lipinski definition) is 7. The summed E-state index contributed by atoms with van der Waals surface area (Å²) < 4.78 is 5.23. The van der Waals surface area contributed by atoms with Gasteiger partial charge >= 0.3 is 0 Å². The molecule has 1 saturated heterocycles. The van der Waals surface area contributed by atoms with Crippen molar-refractivity contribution in [3.05, 3.63) is 59.7 Å². The van der Waals surface area contributed by atoms with E-state index < -0.39 is 0 Å². The topological polar surface area (TPSA) is 93.1 Å². The molecule has 0 spiro atoms. The largest absolute Gasteiger partial charge is 0.481 e. The highest BCUT2D eigenvalue weighted by Gasteiger charge is 2.30. The predicted molar refractivity (Wildman–Crippen MR) is 123 cm³/mol. The molecule has 1 N–H and O–H groups in total. The summed E-state index contributed by atoms with van der Waals surface area (Å²) in [5.41, 5.74) is 3.72. The van der Waals surface area contributed by atoms with Gasteiger partial charge in [0, 0.05) is 49.4 Å². The molecule has 3 aromatic heterocycles. The maximum absolute atomic E-state index is 13.2. The number of pyridine rings is 2. The van der Waals surface area contributed by atoms with E-state index in [2.05, 4.69) is 25.3 Å². The van der Waals surface area contributed by atoms with Gasteiger partial charge in [-0.25, -0.2) is 19.9 Å². The summed E-state index contributed by atoms with van der Waals surface area (Å²) in [4.78, 5) is 32.6. The number of rotatable bonds is 6. The maximum atomic E-state index is 13.2. The Bertz CT molecular complexity index is 1100. The van der Waals surface area contributed by atoms with Gasteiger partial charge in [0.05, 0.1) is 18.7 Å². The lowest BCUT2D eigenvalue weighted by Crippen LogP contribution is -2.34. The first-order chi connectivity index (χ1) is 15.5. The number of anilines is 1. The molecule has 1 amide bonds. The number of carbonyl (C=O) groups excluding carboxylic acids is 1. The lowest BCUT2D eigenvalue weighted by molar-refractivity contribution is -0.131. The summed E-state index contributed by atoms with van der Waals surface area (Å²) in [7, 11) is 1.58. The minimum absolute atomic E-state index is 0.117. The molecule has 8 heteroatoms. The Balaban J connectivity index is 1.40. The molecular formula is C24H28N6O2. The highest BCUT2D eigenvalue weighted by molar-refractivity contribution is 5.84. The quantitative estimate of drug-likeness (QED) is 0.638. The number of hydrogen-bond donors (Lipinski definition) is 1. The number of aryl methyl sites for hydroxylation is 2. The fraction of sp³-hybridized carbons (Fsp3) is 0.375. The molecule has 1 fully saturated rings. The van der Waals surface area contributed by atoms with Crippen LogP contribution in [0.4, 0.5) is 5.82 Å². The normalized spacial score (nSPS) is 16.6. The lowest BCUT2D eigenvalue weighted by atomic mass is 9.97. The number of methoxy groups -OCH3 is 1. The molecule has 0 saturated carbocycles. The molecule has 3 aromatic rings. The van der Waals surface area contributed by atoms with Crippen LogP contribution in [0.1, 0.15) is 36.1 Å². The fourth-order valence-electron chi connectivity index (χ4n) is 4.11. The number of amides is 1. The SMILES string of the molecule is COc1cc([C@H](C)C(=O)N2CCC(Nc3ccc(-c4ncccn4)c(C)n3)C2)c(C)cn1. The lowest BCUT2D eigenvalue weighted by Gasteiger charge is -2.23. The van der Waals surface area contributed by atoms with Crippen LogP contribution in [-0.2, 0) is 4.79 Å². The van der Waals surface area contributed by atoms with Gasteiger partial charge in [-0.05, 0) is 56.5 Å². The van der Waals surface area contributed by atoms with Crippen molar-refractivity contribution in [1.82, 2.24) is 24.8 Å². The molecule has 32 heavy (non-hydrogen) atoms. The van der Waals surface area contributed by atoms with Gasteiger partial charge in [-0.1, -0.05) is 0 Å². The molecule has 0 bridgehead atoms. The van der Waals surface area contributed by atoms with Crippen LogP contribution in [-0.4, -0.2) is 57.0 Å². The first kappa shape index (κ1) is 21.7. The van der Waals surface area contributed by atoms with Crippen molar-refractivity contribution in [3.63, 3.8) is 0 Å². The van der Waals surface area contributed by atoms with Gasteiger partial charge in [-0.15, -0.1) is 0 Å². The Labute approximate surface area is 188 Å². The number of nitrogens with zero attached hydrogens (tertiary/aromatic N) is 5. The highest BCUT2D eigenvalue weighted by atomic mass is 16.5. The minimum atomic E-state index is -0.254. The number of nitrogens with one attached hydrogen (secondary N) is 1. The number of ether oxygens (including phenoxy) is 1. The van der Waals surface area contributed by atoms with Gasteiger partial charge in [0.15, 0.2) is 5.82 Å². The Hall–Kier alpha value is -3.55. The molecule has 1 aliphatic heterocycles. The molecule has 4 heterocycles. The van der Waals surface area contributed by atoms with Crippen LogP contribution in [0.3, 0.4) is 0 Å². The molecule has 0 aromatic carbocycles. The predicted octanol–water partition coefficient (Wildman–Crippen LogP) is 3.38. The van der Waals surface area contributed by atoms with Crippen molar-refractivity contribution in [3.8, 4) is 17.3 Å². The second-order valence-corrected chi connectivity index (χ2v) is 8.12. The Morgan fingerprint density at radius 1 is 1.22 bits per heavy atom. The highest BCUT2D eigenvalue weighted by Crippen LogP contribution is 2.27. The molecular weight excluding hydrogens is 404 g/mol.